The molecule has 1 aliphatic rings. The van der Waals surface area contributed by atoms with E-state index in [1.54, 1.807) is 0 Å². The minimum absolute atomic E-state index is 0.118. The van der Waals surface area contributed by atoms with E-state index in [2.05, 4.69) is 29.7 Å². The van der Waals surface area contributed by atoms with Crippen molar-refractivity contribution in [3.8, 4) is 0 Å². The largest absolute Gasteiger partial charge is 0.329 e. The van der Waals surface area contributed by atoms with Gasteiger partial charge < -0.3 is 10.3 Å². The molecular formula is C15H27N3S. The van der Waals surface area contributed by atoms with Crippen molar-refractivity contribution in [3.05, 3.63) is 18.2 Å². The number of nitrogens with two attached hydrogens (primary N) is 1. The Balaban J connectivity index is 2.17. The Hall–Kier alpha value is -0.480. The molecule has 1 fully saturated rings. The van der Waals surface area contributed by atoms with Crippen molar-refractivity contribution in [1.82, 2.24) is 9.55 Å². The van der Waals surface area contributed by atoms with E-state index in [1.807, 2.05) is 24.3 Å². The molecule has 0 aliphatic heterocycles. The molecule has 0 spiro atoms. The van der Waals surface area contributed by atoms with Crippen LogP contribution in [0.15, 0.2) is 12.5 Å². The second-order valence-corrected chi connectivity index (χ2v) is 7.16. The van der Waals surface area contributed by atoms with Gasteiger partial charge >= 0.3 is 0 Å². The standard InChI is InChI=1S/C15H27N3S/c1-11(2)8-12(16)14-9-17-10-18(14)13-6-4-5-7-15(13)19-3/h9-13,15H,4-8,16H2,1-3H3. The Morgan fingerprint density at radius 2 is 2.16 bits per heavy atom. The van der Waals surface area contributed by atoms with Gasteiger partial charge in [0.05, 0.1) is 12.0 Å². The van der Waals surface area contributed by atoms with Crippen molar-refractivity contribution in [2.75, 3.05) is 6.26 Å². The molecule has 1 aromatic heterocycles. The summed E-state index contributed by atoms with van der Waals surface area (Å²) >= 11 is 2.00. The highest BCUT2D eigenvalue weighted by Crippen LogP contribution is 2.37. The van der Waals surface area contributed by atoms with Gasteiger partial charge in [-0.2, -0.15) is 11.8 Å². The highest BCUT2D eigenvalue weighted by molar-refractivity contribution is 7.99. The Kier molecular flexibility index (Phi) is 5.34. The summed E-state index contributed by atoms with van der Waals surface area (Å²) in [6.45, 7) is 4.46. The maximum atomic E-state index is 6.37. The number of hydrogen-bond acceptors (Lipinski definition) is 3. The van der Waals surface area contributed by atoms with Crippen LogP contribution in [0, 0.1) is 5.92 Å². The van der Waals surface area contributed by atoms with Crippen molar-refractivity contribution in [3.63, 3.8) is 0 Å². The topological polar surface area (TPSA) is 43.8 Å². The smallest absolute Gasteiger partial charge is 0.0951 e. The summed E-state index contributed by atoms with van der Waals surface area (Å²) in [6, 6.07) is 0.700. The van der Waals surface area contributed by atoms with Crippen LogP contribution in [0.3, 0.4) is 0 Å². The van der Waals surface area contributed by atoms with Crippen molar-refractivity contribution in [2.45, 2.75) is 63.3 Å². The quantitative estimate of drug-likeness (QED) is 0.893. The molecular weight excluding hydrogens is 254 g/mol. The molecule has 1 heterocycles. The van der Waals surface area contributed by atoms with Gasteiger partial charge in [-0.15, -0.1) is 0 Å². The maximum absolute atomic E-state index is 6.37. The molecule has 3 nitrogen and oxygen atoms in total. The molecule has 2 rings (SSSR count). The van der Waals surface area contributed by atoms with Gasteiger partial charge in [0.2, 0.25) is 0 Å². The van der Waals surface area contributed by atoms with Gasteiger partial charge in [0, 0.05) is 23.5 Å². The summed E-state index contributed by atoms with van der Waals surface area (Å²) in [6.07, 6.45) is 12.5. The van der Waals surface area contributed by atoms with Crippen LogP contribution < -0.4 is 5.73 Å². The highest BCUT2D eigenvalue weighted by atomic mass is 32.2. The van der Waals surface area contributed by atoms with Crippen molar-refractivity contribution < 1.29 is 0 Å². The molecule has 108 valence electrons. The highest BCUT2D eigenvalue weighted by Gasteiger charge is 2.28. The summed E-state index contributed by atoms with van der Waals surface area (Å²) in [5.41, 5.74) is 7.59. The first-order valence-corrected chi connectivity index (χ1v) is 8.72. The summed E-state index contributed by atoms with van der Waals surface area (Å²) in [5, 5.41) is 0.716. The van der Waals surface area contributed by atoms with E-state index in [9.17, 15) is 0 Å². The van der Waals surface area contributed by atoms with Crippen LogP contribution in [0.5, 0.6) is 0 Å². The van der Waals surface area contributed by atoms with E-state index in [1.165, 1.54) is 31.4 Å². The van der Waals surface area contributed by atoms with Crippen LogP contribution in [0.1, 0.15) is 63.7 Å². The zero-order valence-electron chi connectivity index (χ0n) is 12.4. The van der Waals surface area contributed by atoms with E-state index in [4.69, 9.17) is 5.73 Å². The van der Waals surface area contributed by atoms with Crippen LogP contribution in [-0.4, -0.2) is 21.1 Å². The monoisotopic (exact) mass is 281 g/mol. The van der Waals surface area contributed by atoms with Crippen LogP contribution in [0.4, 0.5) is 0 Å². The van der Waals surface area contributed by atoms with Gasteiger partial charge in [0.1, 0.15) is 0 Å². The van der Waals surface area contributed by atoms with Crippen LogP contribution >= 0.6 is 11.8 Å². The van der Waals surface area contributed by atoms with Crippen molar-refractivity contribution >= 4 is 11.8 Å². The number of aromatic nitrogens is 2. The fourth-order valence-corrected chi connectivity index (χ4v) is 4.16. The number of imidazole rings is 1. The molecule has 0 aromatic carbocycles. The average Bonchev–Trinajstić information content (AvgIpc) is 2.87. The molecule has 2 N–H and O–H groups in total. The first-order valence-electron chi connectivity index (χ1n) is 7.43. The van der Waals surface area contributed by atoms with E-state index >= 15 is 0 Å². The van der Waals surface area contributed by atoms with Gasteiger partial charge in [-0.1, -0.05) is 26.7 Å². The normalized spacial score (nSPS) is 25.7. The van der Waals surface area contributed by atoms with E-state index < -0.39 is 0 Å². The number of hydrogen-bond donors (Lipinski definition) is 1. The van der Waals surface area contributed by atoms with Gasteiger partial charge in [-0.25, -0.2) is 4.98 Å². The lowest BCUT2D eigenvalue weighted by Crippen LogP contribution is -2.28. The Labute approximate surface area is 121 Å². The molecule has 1 aliphatic carbocycles. The second-order valence-electron chi connectivity index (χ2n) is 6.09. The maximum Gasteiger partial charge on any atom is 0.0951 e. The van der Waals surface area contributed by atoms with Crippen molar-refractivity contribution in [2.24, 2.45) is 11.7 Å². The van der Waals surface area contributed by atoms with Crippen LogP contribution in [0.25, 0.3) is 0 Å². The SMILES string of the molecule is CSC1CCCCC1n1cncc1C(N)CC(C)C. The minimum atomic E-state index is 0.118. The minimum Gasteiger partial charge on any atom is -0.329 e. The van der Waals surface area contributed by atoms with E-state index in [-0.39, 0.29) is 6.04 Å². The summed E-state index contributed by atoms with van der Waals surface area (Å²) in [5.74, 6) is 0.626. The Morgan fingerprint density at radius 1 is 1.42 bits per heavy atom. The summed E-state index contributed by atoms with van der Waals surface area (Å²) in [4.78, 5) is 4.37. The predicted molar refractivity (Wildman–Crippen MR) is 83.4 cm³/mol. The molecule has 3 atom stereocenters. The molecule has 1 saturated carbocycles. The third-order valence-electron chi connectivity index (χ3n) is 4.13. The third kappa shape index (κ3) is 3.54. The number of rotatable bonds is 5. The first-order chi connectivity index (χ1) is 9.13. The third-order valence-corrected chi connectivity index (χ3v) is 5.28. The lowest BCUT2D eigenvalue weighted by molar-refractivity contribution is 0.348. The second kappa shape index (κ2) is 6.80. The zero-order valence-corrected chi connectivity index (χ0v) is 13.2. The van der Waals surface area contributed by atoms with Gasteiger partial charge in [-0.3, -0.25) is 0 Å². The summed E-state index contributed by atoms with van der Waals surface area (Å²) < 4.78 is 2.37. The van der Waals surface area contributed by atoms with E-state index in [0.717, 1.165) is 6.42 Å². The van der Waals surface area contributed by atoms with Crippen LogP contribution in [0.2, 0.25) is 0 Å². The van der Waals surface area contributed by atoms with Gasteiger partial charge in [0.25, 0.3) is 0 Å². The number of nitrogens with zero attached hydrogens (tertiary/aromatic N) is 2. The van der Waals surface area contributed by atoms with Gasteiger partial charge in [0.15, 0.2) is 0 Å². The zero-order chi connectivity index (χ0) is 13.8. The molecule has 0 saturated heterocycles. The molecule has 0 radical (unpaired) electrons. The molecule has 0 amide bonds. The molecule has 3 unspecified atom stereocenters. The summed E-state index contributed by atoms with van der Waals surface area (Å²) in [7, 11) is 0. The lowest BCUT2D eigenvalue weighted by atomic mass is 9.93. The van der Waals surface area contributed by atoms with E-state index in [0.29, 0.717) is 17.2 Å². The first kappa shape index (κ1) is 14.9. The van der Waals surface area contributed by atoms with Crippen molar-refractivity contribution in [1.29, 1.82) is 0 Å². The number of thioether (sulfide) groups is 1. The Bertz CT molecular complexity index is 388. The fourth-order valence-electron chi connectivity index (χ4n) is 3.18. The lowest BCUT2D eigenvalue weighted by Gasteiger charge is -2.33. The Morgan fingerprint density at radius 3 is 2.84 bits per heavy atom. The molecule has 0 bridgehead atoms. The molecule has 19 heavy (non-hydrogen) atoms. The fraction of sp³-hybridized carbons (Fsp3) is 0.800. The predicted octanol–water partition coefficient (Wildman–Crippen LogP) is 3.78. The van der Waals surface area contributed by atoms with Gasteiger partial charge in [-0.05, 0) is 31.4 Å². The average molecular weight is 281 g/mol. The molecule has 1 aromatic rings. The molecule has 4 heteroatoms. The van der Waals surface area contributed by atoms with Crippen LogP contribution in [-0.2, 0) is 0 Å².